The molecule has 0 spiro atoms. The van der Waals surface area contributed by atoms with Crippen molar-refractivity contribution < 1.29 is 14.6 Å². The minimum absolute atomic E-state index is 0.0913. The summed E-state index contributed by atoms with van der Waals surface area (Å²) in [5.74, 6) is 1.22. The van der Waals surface area contributed by atoms with Crippen LogP contribution in [0.4, 0.5) is 11.5 Å². The molecule has 2 aromatic rings. The number of aliphatic hydroxyl groups excluding tert-OH is 1. The molecule has 0 aliphatic carbocycles. The van der Waals surface area contributed by atoms with Gasteiger partial charge in [0.15, 0.2) is 6.61 Å². The second-order valence-corrected chi connectivity index (χ2v) is 8.43. The number of hydrogen-bond acceptors (Lipinski definition) is 6. The predicted molar refractivity (Wildman–Crippen MR) is 119 cm³/mol. The Kier molecular flexibility index (Phi) is 7.53. The first-order valence-electron chi connectivity index (χ1n) is 10.1. The Morgan fingerprint density at radius 1 is 1.17 bits per heavy atom. The van der Waals surface area contributed by atoms with Crippen molar-refractivity contribution in [3.63, 3.8) is 0 Å². The third-order valence-electron chi connectivity index (χ3n) is 5.28. The van der Waals surface area contributed by atoms with Crippen molar-refractivity contribution in [1.82, 2.24) is 9.88 Å². The highest BCUT2D eigenvalue weighted by Crippen LogP contribution is 2.20. The smallest absolute Gasteiger partial charge is 0.262 e. The summed E-state index contributed by atoms with van der Waals surface area (Å²) in [5, 5.41) is 13.0. The van der Waals surface area contributed by atoms with E-state index in [0.717, 1.165) is 38.4 Å². The van der Waals surface area contributed by atoms with Crippen molar-refractivity contribution in [2.45, 2.75) is 25.8 Å². The van der Waals surface area contributed by atoms with Gasteiger partial charge in [-0.2, -0.15) is 0 Å². The topological polar surface area (TPSA) is 77.9 Å². The van der Waals surface area contributed by atoms with Gasteiger partial charge in [-0.1, -0.05) is 11.6 Å². The highest BCUT2D eigenvalue weighted by Gasteiger charge is 2.28. The van der Waals surface area contributed by atoms with Crippen LogP contribution in [0.5, 0.6) is 5.75 Å². The molecule has 0 radical (unpaired) electrons. The summed E-state index contributed by atoms with van der Waals surface area (Å²) in [7, 11) is 0. The van der Waals surface area contributed by atoms with Crippen molar-refractivity contribution in [2.24, 2.45) is 0 Å². The lowest BCUT2D eigenvalue weighted by molar-refractivity contribution is -0.118. The van der Waals surface area contributed by atoms with E-state index in [9.17, 15) is 9.90 Å². The highest BCUT2D eigenvalue weighted by molar-refractivity contribution is 6.30. The quantitative estimate of drug-likeness (QED) is 0.700. The number of amides is 1. The lowest BCUT2D eigenvalue weighted by Crippen LogP contribution is -2.48. The van der Waals surface area contributed by atoms with Crippen LogP contribution in [-0.4, -0.2) is 65.8 Å². The second-order valence-electron chi connectivity index (χ2n) is 7.99. The van der Waals surface area contributed by atoms with Crippen LogP contribution in [0.25, 0.3) is 0 Å². The van der Waals surface area contributed by atoms with E-state index in [1.54, 1.807) is 30.5 Å². The number of hydrogen-bond donors (Lipinski definition) is 2. The standard InChI is InChI=1S/C22H29ClN4O3/c1-22(2,16-28)27-11-3-10-26(12-13-27)20-9-6-18(14-24-20)25-21(29)15-30-19-7-4-17(23)5-8-19/h4-9,14,28H,3,10-13,15-16H2,1-2H3,(H,25,29). The van der Waals surface area contributed by atoms with Gasteiger partial charge in [0.05, 0.1) is 18.5 Å². The second kappa shape index (κ2) is 10.1. The summed E-state index contributed by atoms with van der Waals surface area (Å²) in [5.41, 5.74) is 0.410. The number of aliphatic hydroxyl groups is 1. The fourth-order valence-corrected chi connectivity index (χ4v) is 3.50. The lowest BCUT2D eigenvalue weighted by atomic mass is 10.0. The first-order valence-corrected chi connectivity index (χ1v) is 10.5. The molecule has 1 aliphatic rings. The molecule has 162 valence electrons. The number of carbonyl (C=O) groups excluding carboxylic acids is 1. The van der Waals surface area contributed by atoms with Gasteiger partial charge >= 0.3 is 0 Å². The van der Waals surface area contributed by atoms with Gasteiger partial charge in [0.1, 0.15) is 11.6 Å². The minimum Gasteiger partial charge on any atom is -0.484 e. The zero-order chi connectivity index (χ0) is 21.6. The van der Waals surface area contributed by atoms with E-state index in [4.69, 9.17) is 16.3 Å². The van der Waals surface area contributed by atoms with E-state index in [1.807, 2.05) is 12.1 Å². The summed E-state index contributed by atoms with van der Waals surface area (Å²) in [6, 6.07) is 10.6. The maximum absolute atomic E-state index is 12.1. The molecular formula is C22H29ClN4O3. The number of halogens is 1. The van der Waals surface area contributed by atoms with E-state index >= 15 is 0 Å². The average molecular weight is 433 g/mol. The molecule has 1 amide bonds. The molecule has 0 bridgehead atoms. The Labute approximate surface area is 182 Å². The van der Waals surface area contributed by atoms with E-state index in [2.05, 4.69) is 33.9 Å². The highest BCUT2D eigenvalue weighted by atomic mass is 35.5. The molecule has 7 nitrogen and oxygen atoms in total. The van der Waals surface area contributed by atoms with Crippen molar-refractivity contribution in [2.75, 3.05) is 49.6 Å². The fraction of sp³-hybridized carbons (Fsp3) is 0.455. The van der Waals surface area contributed by atoms with Crippen LogP contribution in [0.1, 0.15) is 20.3 Å². The van der Waals surface area contributed by atoms with Gasteiger partial charge in [0.25, 0.3) is 5.91 Å². The van der Waals surface area contributed by atoms with Crippen molar-refractivity contribution in [1.29, 1.82) is 0 Å². The predicted octanol–water partition coefficient (Wildman–Crippen LogP) is 3.04. The molecule has 30 heavy (non-hydrogen) atoms. The van der Waals surface area contributed by atoms with Crippen LogP contribution < -0.4 is 15.0 Å². The number of carbonyl (C=O) groups is 1. The van der Waals surface area contributed by atoms with Gasteiger partial charge in [0.2, 0.25) is 0 Å². The molecule has 2 heterocycles. The Hall–Kier alpha value is -2.35. The molecule has 1 saturated heterocycles. The average Bonchev–Trinajstić information content (AvgIpc) is 3.01. The van der Waals surface area contributed by atoms with E-state index in [0.29, 0.717) is 16.5 Å². The number of ether oxygens (including phenoxy) is 1. The number of anilines is 2. The number of benzene rings is 1. The summed E-state index contributed by atoms with van der Waals surface area (Å²) in [6.45, 7) is 7.75. The van der Waals surface area contributed by atoms with Gasteiger partial charge in [0, 0.05) is 36.7 Å². The summed E-state index contributed by atoms with van der Waals surface area (Å²) >= 11 is 5.84. The summed E-state index contributed by atoms with van der Waals surface area (Å²) in [4.78, 5) is 21.2. The monoisotopic (exact) mass is 432 g/mol. The summed E-state index contributed by atoms with van der Waals surface area (Å²) < 4.78 is 5.45. The third-order valence-corrected chi connectivity index (χ3v) is 5.53. The van der Waals surface area contributed by atoms with E-state index < -0.39 is 0 Å². The largest absolute Gasteiger partial charge is 0.484 e. The van der Waals surface area contributed by atoms with E-state index in [-0.39, 0.29) is 24.7 Å². The van der Waals surface area contributed by atoms with Crippen molar-refractivity contribution >= 4 is 29.0 Å². The van der Waals surface area contributed by atoms with Gasteiger partial charge < -0.3 is 20.1 Å². The first-order chi connectivity index (χ1) is 14.4. The van der Waals surface area contributed by atoms with Crippen LogP contribution in [0.3, 0.4) is 0 Å². The molecule has 1 aromatic carbocycles. The number of nitrogens with zero attached hydrogens (tertiary/aromatic N) is 3. The zero-order valence-electron chi connectivity index (χ0n) is 17.5. The number of rotatable bonds is 7. The molecule has 0 atom stereocenters. The Bertz CT molecular complexity index is 827. The number of pyridine rings is 1. The zero-order valence-corrected chi connectivity index (χ0v) is 18.2. The molecule has 1 fully saturated rings. The summed E-state index contributed by atoms with van der Waals surface area (Å²) in [6.07, 6.45) is 2.67. The van der Waals surface area contributed by atoms with Crippen molar-refractivity contribution in [3.05, 3.63) is 47.6 Å². The molecule has 2 N–H and O–H groups in total. The molecule has 8 heteroatoms. The fourth-order valence-electron chi connectivity index (χ4n) is 3.38. The van der Waals surface area contributed by atoms with Crippen molar-refractivity contribution in [3.8, 4) is 5.75 Å². The van der Waals surface area contributed by atoms with Crippen LogP contribution in [0.15, 0.2) is 42.6 Å². The van der Waals surface area contributed by atoms with Gasteiger partial charge in [-0.05, 0) is 56.7 Å². The van der Waals surface area contributed by atoms with Crippen LogP contribution in [-0.2, 0) is 4.79 Å². The number of nitrogens with one attached hydrogen (secondary N) is 1. The maximum atomic E-state index is 12.1. The molecule has 3 rings (SSSR count). The van der Waals surface area contributed by atoms with Gasteiger partial charge in [-0.15, -0.1) is 0 Å². The molecule has 0 unspecified atom stereocenters. The van der Waals surface area contributed by atoms with Crippen LogP contribution in [0, 0.1) is 0 Å². The Balaban J connectivity index is 1.50. The van der Waals surface area contributed by atoms with Gasteiger partial charge in [-0.3, -0.25) is 9.69 Å². The van der Waals surface area contributed by atoms with Crippen LogP contribution in [0.2, 0.25) is 5.02 Å². The normalized spacial score (nSPS) is 15.5. The Morgan fingerprint density at radius 3 is 2.60 bits per heavy atom. The lowest BCUT2D eigenvalue weighted by Gasteiger charge is -2.36. The maximum Gasteiger partial charge on any atom is 0.262 e. The first kappa shape index (κ1) is 22.3. The molecule has 1 aliphatic heterocycles. The van der Waals surface area contributed by atoms with Crippen LogP contribution >= 0.6 is 11.6 Å². The minimum atomic E-state index is -0.254. The molecule has 1 aromatic heterocycles. The third kappa shape index (κ3) is 6.08. The molecular weight excluding hydrogens is 404 g/mol. The van der Waals surface area contributed by atoms with E-state index in [1.165, 1.54) is 0 Å². The molecule has 0 saturated carbocycles. The Morgan fingerprint density at radius 2 is 1.93 bits per heavy atom. The number of aromatic nitrogens is 1. The van der Waals surface area contributed by atoms with Gasteiger partial charge in [-0.25, -0.2) is 4.98 Å². The SMILES string of the molecule is CC(C)(CO)N1CCCN(c2ccc(NC(=O)COc3ccc(Cl)cc3)cn2)CC1.